The van der Waals surface area contributed by atoms with Gasteiger partial charge in [0.2, 0.25) is 5.91 Å². The van der Waals surface area contributed by atoms with Gasteiger partial charge in [-0.2, -0.15) is 0 Å². The van der Waals surface area contributed by atoms with E-state index in [0.29, 0.717) is 39.0 Å². The highest BCUT2D eigenvalue weighted by Crippen LogP contribution is 2.20. The van der Waals surface area contributed by atoms with Crippen molar-refractivity contribution >= 4 is 5.91 Å². The number of nitrogens with one attached hydrogen (secondary N) is 1. The van der Waals surface area contributed by atoms with Crippen molar-refractivity contribution in [2.75, 3.05) is 19.8 Å². The minimum Gasteiger partial charge on any atom is -0.388 e. The first-order valence-corrected chi connectivity index (χ1v) is 7.67. The van der Waals surface area contributed by atoms with Crippen molar-refractivity contribution in [1.29, 1.82) is 0 Å². The predicted octanol–water partition coefficient (Wildman–Crippen LogP) is 1.27. The Morgan fingerprint density at radius 1 is 1.52 bits per heavy atom. The first-order chi connectivity index (χ1) is 10.1. The van der Waals surface area contributed by atoms with E-state index in [1.165, 1.54) is 0 Å². The largest absolute Gasteiger partial charge is 0.388 e. The van der Waals surface area contributed by atoms with Crippen LogP contribution in [-0.2, 0) is 9.53 Å². The molecule has 21 heavy (non-hydrogen) atoms. The minimum atomic E-state index is -0.816. The molecule has 6 heteroatoms. The summed E-state index contributed by atoms with van der Waals surface area (Å²) in [6, 6.07) is 0.127. The van der Waals surface area contributed by atoms with Crippen molar-refractivity contribution in [3.05, 3.63) is 18.7 Å². The third-order valence-corrected chi connectivity index (χ3v) is 4.03. The molecule has 118 valence electrons. The number of carbonyl (C=O) groups excluding carboxylic acids is 1. The zero-order valence-corrected chi connectivity index (χ0v) is 12.6. The van der Waals surface area contributed by atoms with Crippen molar-refractivity contribution in [3.63, 3.8) is 0 Å². The molecule has 1 amide bonds. The third kappa shape index (κ3) is 4.82. The summed E-state index contributed by atoms with van der Waals surface area (Å²) >= 11 is 0. The molecule has 1 unspecified atom stereocenters. The first-order valence-electron chi connectivity index (χ1n) is 7.67. The van der Waals surface area contributed by atoms with E-state index in [4.69, 9.17) is 4.74 Å². The Bertz CT molecular complexity index is 427. The molecule has 1 saturated heterocycles. The van der Waals surface area contributed by atoms with E-state index < -0.39 is 5.60 Å². The van der Waals surface area contributed by atoms with Gasteiger partial charge in [-0.25, -0.2) is 4.98 Å². The van der Waals surface area contributed by atoms with Crippen LogP contribution in [0.25, 0.3) is 0 Å². The zero-order valence-electron chi connectivity index (χ0n) is 12.6. The van der Waals surface area contributed by atoms with E-state index in [2.05, 4.69) is 17.2 Å². The average molecular weight is 295 g/mol. The molecule has 6 nitrogen and oxygen atoms in total. The molecule has 0 saturated carbocycles. The standard InChI is InChI=1S/C15H25N3O3/c1-2-3-13(18-7-6-16-12-18)10-14(19)17-11-15(20)4-8-21-9-5-15/h6-7,12-13,20H,2-5,8-11H2,1H3,(H,17,19). The number of carbonyl (C=O) groups is 1. The molecule has 1 aliphatic heterocycles. The van der Waals surface area contributed by atoms with Gasteiger partial charge < -0.3 is 19.7 Å². The number of amides is 1. The van der Waals surface area contributed by atoms with Crippen LogP contribution in [0.5, 0.6) is 0 Å². The second-order valence-corrected chi connectivity index (χ2v) is 5.77. The van der Waals surface area contributed by atoms with E-state index in [-0.39, 0.29) is 11.9 Å². The fraction of sp³-hybridized carbons (Fsp3) is 0.733. The minimum absolute atomic E-state index is 0.0259. The van der Waals surface area contributed by atoms with Crippen molar-refractivity contribution in [2.45, 2.75) is 50.7 Å². The molecule has 2 heterocycles. The van der Waals surface area contributed by atoms with E-state index >= 15 is 0 Å². The molecule has 0 spiro atoms. The topological polar surface area (TPSA) is 76.4 Å². The summed E-state index contributed by atoms with van der Waals surface area (Å²) in [6.45, 7) is 3.52. The Hall–Kier alpha value is -1.40. The lowest BCUT2D eigenvalue weighted by Gasteiger charge is -2.32. The summed E-state index contributed by atoms with van der Waals surface area (Å²) in [5, 5.41) is 13.2. The Balaban J connectivity index is 1.82. The maximum atomic E-state index is 12.1. The van der Waals surface area contributed by atoms with E-state index in [1.807, 2.05) is 10.8 Å². The number of imidazole rings is 1. The van der Waals surface area contributed by atoms with E-state index in [9.17, 15) is 9.90 Å². The van der Waals surface area contributed by atoms with Crippen LogP contribution >= 0.6 is 0 Å². The van der Waals surface area contributed by atoms with Crippen molar-refractivity contribution < 1.29 is 14.6 Å². The molecule has 2 N–H and O–H groups in total. The van der Waals surface area contributed by atoms with Gasteiger partial charge >= 0.3 is 0 Å². The number of nitrogens with zero attached hydrogens (tertiary/aromatic N) is 2. The maximum Gasteiger partial charge on any atom is 0.222 e. The number of rotatable bonds is 7. The monoisotopic (exact) mass is 295 g/mol. The summed E-state index contributed by atoms with van der Waals surface area (Å²) in [5.41, 5.74) is -0.816. The molecule has 1 fully saturated rings. The number of aliphatic hydroxyl groups is 1. The molecule has 0 bridgehead atoms. The fourth-order valence-electron chi connectivity index (χ4n) is 2.65. The lowest BCUT2D eigenvalue weighted by molar-refractivity contribution is -0.124. The number of aromatic nitrogens is 2. The summed E-state index contributed by atoms with van der Waals surface area (Å²) in [7, 11) is 0. The summed E-state index contributed by atoms with van der Waals surface area (Å²) in [4.78, 5) is 16.2. The second kappa shape index (κ2) is 7.56. The van der Waals surface area contributed by atoms with Crippen molar-refractivity contribution in [2.24, 2.45) is 0 Å². The number of hydrogen-bond acceptors (Lipinski definition) is 4. The molecule has 0 aromatic carbocycles. The van der Waals surface area contributed by atoms with Crippen LogP contribution in [0.2, 0.25) is 0 Å². The molecule has 0 aliphatic carbocycles. The Labute approximate surface area is 125 Å². The predicted molar refractivity (Wildman–Crippen MR) is 78.8 cm³/mol. The smallest absolute Gasteiger partial charge is 0.222 e. The average Bonchev–Trinajstić information content (AvgIpc) is 3.00. The number of ether oxygens (including phenoxy) is 1. The van der Waals surface area contributed by atoms with Crippen molar-refractivity contribution in [1.82, 2.24) is 14.9 Å². The molecule has 1 aromatic heterocycles. The van der Waals surface area contributed by atoms with Crippen LogP contribution in [0.15, 0.2) is 18.7 Å². The van der Waals surface area contributed by atoms with Crippen LogP contribution in [0.4, 0.5) is 0 Å². The highest BCUT2D eigenvalue weighted by atomic mass is 16.5. The molecule has 1 aliphatic rings. The highest BCUT2D eigenvalue weighted by molar-refractivity contribution is 5.76. The Morgan fingerprint density at radius 3 is 2.90 bits per heavy atom. The fourth-order valence-corrected chi connectivity index (χ4v) is 2.65. The van der Waals surface area contributed by atoms with Gasteiger partial charge in [0.05, 0.1) is 11.9 Å². The summed E-state index contributed by atoms with van der Waals surface area (Å²) < 4.78 is 7.21. The van der Waals surface area contributed by atoms with Crippen LogP contribution in [0.1, 0.15) is 45.1 Å². The molecular weight excluding hydrogens is 270 g/mol. The molecular formula is C15H25N3O3. The van der Waals surface area contributed by atoms with Gasteiger partial charge in [0.15, 0.2) is 0 Å². The molecule has 1 aromatic rings. The first kappa shape index (κ1) is 16.0. The Kier molecular flexibility index (Phi) is 5.76. The van der Waals surface area contributed by atoms with Gasteiger partial charge in [0.1, 0.15) is 0 Å². The normalized spacial score (nSPS) is 19.1. The van der Waals surface area contributed by atoms with Gasteiger partial charge in [-0.3, -0.25) is 4.79 Å². The lowest BCUT2D eigenvalue weighted by Crippen LogP contribution is -2.46. The highest BCUT2D eigenvalue weighted by Gasteiger charge is 2.30. The van der Waals surface area contributed by atoms with Crippen molar-refractivity contribution in [3.8, 4) is 0 Å². The second-order valence-electron chi connectivity index (χ2n) is 5.77. The third-order valence-electron chi connectivity index (χ3n) is 4.03. The van der Waals surface area contributed by atoms with Crippen LogP contribution in [0, 0.1) is 0 Å². The Morgan fingerprint density at radius 2 is 2.29 bits per heavy atom. The van der Waals surface area contributed by atoms with Gasteiger partial charge in [-0.15, -0.1) is 0 Å². The van der Waals surface area contributed by atoms with Gasteiger partial charge in [-0.05, 0) is 6.42 Å². The van der Waals surface area contributed by atoms with E-state index in [1.54, 1.807) is 12.5 Å². The van der Waals surface area contributed by atoms with Gasteiger partial charge in [0.25, 0.3) is 0 Å². The number of hydrogen-bond donors (Lipinski definition) is 2. The molecule has 1 atom stereocenters. The van der Waals surface area contributed by atoms with Crippen LogP contribution < -0.4 is 5.32 Å². The van der Waals surface area contributed by atoms with Crippen LogP contribution in [-0.4, -0.2) is 45.9 Å². The molecule has 2 rings (SSSR count). The lowest BCUT2D eigenvalue weighted by atomic mass is 9.94. The van der Waals surface area contributed by atoms with Crippen LogP contribution in [0.3, 0.4) is 0 Å². The summed E-state index contributed by atoms with van der Waals surface area (Å²) in [6.07, 6.45) is 8.88. The zero-order chi connectivity index (χ0) is 15.1. The quantitative estimate of drug-likeness (QED) is 0.794. The van der Waals surface area contributed by atoms with Gasteiger partial charge in [-0.1, -0.05) is 13.3 Å². The summed E-state index contributed by atoms with van der Waals surface area (Å²) in [5.74, 6) is -0.0259. The molecule has 0 radical (unpaired) electrons. The van der Waals surface area contributed by atoms with E-state index in [0.717, 1.165) is 12.8 Å². The maximum absolute atomic E-state index is 12.1. The SMILES string of the molecule is CCCC(CC(=O)NCC1(O)CCOCC1)n1ccnc1. The van der Waals surface area contributed by atoms with Gasteiger partial charge in [0, 0.05) is 57.5 Å².